The van der Waals surface area contributed by atoms with Crippen molar-refractivity contribution in [2.75, 3.05) is 41.9 Å². The number of nitrogens with zero attached hydrogens (tertiary/aromatic N) is 3. The maximum atomic E-state index is 14.3. The van der Waals surface area contributed by atoms with Gasteiger partial charge in [0.1, 0.15) is 0 Å². The standard InChI is InChI=1S/C41H69N4O6.Y/c1-14-28(6)38(44(11)41(49)32(26(2)3)24-34(46)37(27(4)5)43(9)10)35(50-12)25-36(47)45-22-18-21-33(45)39(51-13)30(8)40(48)42-29(7)23-31-19-16-15-17-20-31;/h16-17,19-20,26-30,32-33,35,37-39H,14,18,21-25H2,1-13H3,(H,42,48);/q-1;/t28-,29+,30+,32?,33-,35+,37-,38-,39+;/m0./s1. The van der Waals surface area contributed by atoms with Crippen LogP contribution in [0.15, 0.2) is 24.3 Å². The van der Waals surface area contributed by atoms with Gasteiger partial charge in [-0.1, -0.05) is 54.9 Å². The molecule has 3 amide bonds. The number of carbonyl (C=O) groups excluding carboxylic acids is 4. The van der Waals surface area contributed by atoms with Gasteiger partial charge >= 0.3 is 0 Å². The molecular formula is C41H69N4O6Y-. The smallest absolute Gasteiger partial charge is 0.226 e. The Morgan fingerprint density at radius 3 is 2.06 bits per heavy atom. The number of likely N-dealkylation sites (N-methyl/N-ethyl adjacent to an activating group) is 2. The third-order valence-corrected chi connectivity index (χ3v) is 11.0. The van der Waals surface area contributed by atoms with Crippen LogP contribution in [0.3, 0.4) is 0 Å². The van der Waals surface area contributed by atoms with Crippen molar-refractivity contribution in [3.8, 4) is 0 Å². The van der Waals surface area contributed by atoms with E-state index in [1.165, 1.54) is 0 Å². The van der Waals surface area contributed by atoms with Crippen LogP contribution in [0.1, 0.15) is 93.1 Å². The Labute approximate surface area is 340 Å². The number of amides is 3. The van der Waals surface area contributed by atoms with Gasteiger partial charge in [-0.05, 0) is 58.0 Å². The summed E-state index contributed by atoms with van der Waals surface area (Å²) in [6.07, 6.45) is 2.24. The van der Waals surface area contributed by atoms with Gasteiger partial charge in [0.25, 0.3) is 0 Å². The fourth-order valence-corrected chi connectivity index (χ4v) is 8.11. The van der Waals surface area contributed by atoms with Crippen molar-refractivity contribution in [1.82, 2.24) is 20.0 Å². The van der Waals surface area contributed by atoms with Gasteiger partial charge in [-0.15, -0.1) is 0 Å². The second-order valence-corrected chi connectivity index (χ2v) is 15.8. The van der Waals surface area contributed by atoms with Crippen molar-refractivity contribution in [3.63, 3.8) is 0 Å². The number of hydrogen-bond donors (Lipinski definition) is 1. The fourth-order valence-electron chi connectivity index (χ4n) is 8.11. The number of hydrogen-bond acceptors (Lipinski definition) is 7. The van der Waals surface area contributed by atoms with Gasteiger partial charge in [-0.3, -0.25) is 24.1 Å². The Kier molecular flexibility index (Phi) is 21.6. The molecule has 2 rings (SSSR count). The first-order valence-electron chi connectivity index (χ1n) is 19.1. The van der Waals surface area contributed by atoms with E-state index in [2.05, 4.69) is 25.2 Å². The SMILES string of the molecule is CC[C@H](C)[C@@H]([C@@H](CC(=O)N1CCC[C@H]1[C@H](OC)[C@@H](C)C(=O)N[C@H](C)Cc1cc[c-]cc1)OC)N(C)C(=O)C(CC(=O)[C@H](C(C)C)N(C)C)C(C)C.[Y]. The molecule has 293 valence electrons. The van der Waals surface area contributed by atoms with E-state index in [4.69, 9.17) is 9.47 Å². The predicted molar refractivity (Wildman–Crippen MR) is 203 cm³/mol. The molecule has 1 aliphatic heterocycles. The molecule has 11 heteroatoms. The summed E-state index contributed by atoms with van der Waals surface area (Å²) in [5, 5.41) is 3.14. The van der Waals surface area contributed by atoms with Crippen LogP contribution >= 0.6 is 0 Å². The van der Waals surface area contributed by atoms with E-state index < -0.39 is 24.0 Å². The van der Waals surface area contributed by atoms with Gasteiger partial charge in [0.05, 0.1) is 42.7 Å². The first kappa shape index (κ1) is 48.3. The average Bonchev–Trinajstić information content (AvgIpc) is 3.56. The molecule has 1 aromatic rings. The van der Waals surface area contributed by atoms with Crippen LogP contribution < -0.4 is 5.32 Å². The molecule has 52 heavy (non-hydrogen) atoms. The van der Waals surface area contributed by atoms with Crippen LogP contribution in [-0.2, 0) is 67.8 Å². The third-order valence-electron chi connectivity index (χ3n) is 11.0. The number of likely N-dealkylation sites (tertiary alicyclic amines) is 1. The molecule has 1 unspecified atom stereocenters. The number of nitrogens with one attached hydrogen (secondary N) is 1. The van der Waals surface area contributed by atoms with Crippen LogP contribution in [0.4, 0.5) is 0 Å². The topological polar surface area (TPSA) is 108 Å². The Bertz CT molecular complexity index is 1240. The van der Waals surface area contributed by atoms with Crippen LogP contribution in [-0.4, -0.2) is 116 Å². The Morgan fingerprint density at radius 2 is 1.56 bits per heavy atom. The summed E-state index contributed by atoms with van der Waals surface area (Å²) in [5.41, 5.74) is 1.12. The number of methoxy groups -OCH3 is 2. The van der Waals surface area contributed by atoms with E-state index in [9.17, 15) is 19.2 Å². The second-order valence-electron chi connectivity index (χ2n) is 15.8. The van der Waals surface area contributed by atoms with Crippen LogP contribution in [0.2, 0.25) is 0 Å². The molecule has 1 fully saturated rings. The summed E-state index contributed by atoms with van der Waals surface area (Å²) in [5.74, 6) is -1.08. The first-order valence-corrected chi connectivity index (χ1v) is 19.1. The van der Waals surface area contributed by atoms with E-state index in [0.29, 0.717) is 13.0 Å². The van der Waals surface area contributed by atoms with Gasteiger partial charge in [0, 0.05) is 78.9 Å². The number of rotatable bonds is 21. The minimum absolute atomic E-state index is 0. The molecule has 1 radical (unpaired) electrons. The van der Waals surface area contributed by atoms with E-state index in [0.717, 1.165) is 24.8 Å². The minimum Gasteiger partial charge on any atom is -0.379 e. The van der Waals surface area contributed by atoms with Crippen LogP contribution in [0, 0.1) is 35.7 Å². The second kappa shape index (κ2) is 23.3. The van der Waals surface area contributed by atoms with Gasteiger partial charge in [0.2, 0.25) is 17.7 Å². The summed E-state index contributed by atoms with van der Waals surface area (Å²) >= 11 is 0. The van der Waals surface area contributed by atoms with Crippen molar-refractivity contribution < 1.29 is 61.4 Å². The number of Topliss-reactive ketones (excluding diaryl/α,β-unsaturated/α-hetero) is 1. The van der Waals surface area contributed by atoms with Crippen LogP contribution in [0.25, 0.3) is 0 Å². The molecule has 1 N–H and O–H groups in total. The number of ether oxygens (including phenoxy) is 2. The van der Waals surface area contributed by atoms with Gasteiger partial charge in [-0.2, -0.15) is 35.9 Å². The molecule has 0 bridgehead atoms. The summed E-state index contributed by atoms with van der Waals surface area (Å²) in [4.78, 5) is 60.9. The zero-order chi connectivity index (χ0) is 38.6. The van der Waals surface area contributed by atoms with E-state index >= 15 is 0 Å². The first-order chi connectivity index (χ1) is 24.0. The molecular weight excluding hydrogens is 733 g/mol. The van der Waals surface area contributed by atoms with Gasteiger partial charge in [-0.25, -0.2) is 0 Å². The summed E-state index contributed by atoms with van der Waals surface area (Å²) in [7, 11) is 8.80. The molecule has 9 atom stereocenters. The molecule has 0 spiro atoms. The van der Waals surface area contributed by atoms with E-state index in [1.807, 2.05) is 89.7 Å². The Balaban J connectivity index is 0.0000135. The summed E-state index contributed by atoms with van der Waals surface area (Å²) in [6.45, 7) is 16.6. The molecule has 10 nitrogen and oxygen atoms in total. The zero-order valence-electron chi connectivity index (χ0n) is 34.5. The number of benzene rings is 1. The van der Waals surface area contributed by atoms with Crippen molar-refractivity contribution in [2.45, 2.75) is 130 Å². The van der Waals surface area contributed by atoms with Crippen molar-refractivity contribution in [1.29, 1.82) is 0 Å². The van der Waals surface area contributed by atoms with Crippen molar-refractivity contribution in [2.24, 2.45) is 29.6 Å². The normalized spacial score (nSPS) is 19.3. The monoisotopic (exact) mass is 802 g/mol. The van der Waals surface area contributed by atoms with Gasteiger partial charge in [0.15, 0.2) is 5.78 Å². The largest absolute Gasteiger partial charge is 0.379 e. The maximum Gasteiger partial charge on any atom is 0.226 e. The van der Waals surface area contributed by atoms with Crippen molar-refractivity contribution in [3.05, 3.63) is 35.9 Å². The molecule has 1 heterocycles. The average molecular weight is 803 g/mol. The fraction of sp³-hybridized carbons (Fsp3) is 0.756. The summed E-state index contributed by atoms with van der Waals surface area (Å²) < 4.78 is 12.0. The molecule has 1 saturated heterocycles. The quantitative estimate of drug-likeness (QED) is 0.169. The number of carbonyl (C=O) groups is 4. The molecule has 1 aliphatic rings. The predicted octanol–water partition coefficient (Wildman–Crippen LogP) is 5.27. The molecule has 1 aromatic carbocycles. The maximum absolute atomic E-state index is 14.3. The Hall–Kier alpha value is -1.72. The van der Waals surface area contributed by atoms with E-state index in [1.54, 1.807) is 26.2 Å². The van der Waals surface area contributed by atoms with Gasteiger partial charge < -0.3 is 24.6 Å². The minimum atomic E-state index is -0.561. The zero-order valence-corrected chi connectivity index (χ0v) is 37.3. The Morgan fingerprint density at radius 1 is 0.942 bits per heavy atom. The van der Waals surface area contributed by atoms with Crippen molar-refractivity contribution >= 4 is 23.5 Å². The summed E-state index contributed by atoms with van der Waals surface area (Å²) in [6, 6.07) is 9.77. The molecule has 0 aromatic heterocycles. The molecule has 0 saturated carbocycles. The van der Waals surface area contributed by atoms with Crippen LogP contribution in [0.5, 0.6) is 0 Å². The molecule has 0 aliphatic carbocycles. The third kappa shape index (κ3) is 13.2. The number of ketones is 1. The van der Waals surface area contributed by atoms with E-state index in [-0.39, 0.29) is 111 Å².